The summed E-state index contributed by atoms with van der Waals surface area (Å²) in [4.78, 5) is 3.97. The van der Waals surface area contributed by atoms with Crippen molar-refractivity contribution in [2.75, 3.05) is 0 Å². The van der Waals surface area contributed by atoms with E-state index < -0.39 is 6.04 Å². The van der Waals surface area contributed by atoms with Gasteiger partial charge in [0, 0.05) is 18.9 Å². The van der Waals surface area contributed by atoms with Crippen molar-refractivity contribution in [3.8, 4) is 0 Å². The Bertz CT molecular complexity index is 495. The minimum absolute atomic E-state index is 0.303. The van der Waals surface area contributed by atoms with Gasteiger partial charge in [-0.15, -0.1) is 0 Å². The summed E-state index contributed by atoms with van der Waals surface area (Å²) >= 11 is 0. The van der Waals surface area contributed by atoms with Crippen molar-refractivity contribution in [3.63, 3.8) is 0 Å². The number of pyridine rings is 1. The van der Waals surface area contributed by atoms with Gasteiger partial charge in [-0.2, -0.15) is 5.10 Å². The fourth-order valence-corrected chi connectivity index (χ4v) is 1.71. The summed E-state index contributed by atoms with van der Waals surface area (Å²) in [6.07, 6.45) is 5.76. The van der Waals surface area contributed by atoms with Crippen LogP contribution < -0.4 is 5.73 Å². The second-order valence-corrected chi connectivity index (χ2v) is 3.89. The van der Waals surface area contributed by atoms with Gasteiger partial charge in [0.25, 0.3) is 0 Å². The van der Waals surface area contributed by atoms with Gasteiger partial charge in [-0.25, -0.2) is 4.39 Å². The van der Waals surface area contributed by atoms with Gasteiger partial charge in [-0.05, 0) is 31.0 Å². The molecule has 4 nitrogen and oxygen atoms in total. The molecule has 2 aromatic rings. The molecule has 2 heterocycles. The van der Waals surface area contributed by atoms with Crippen molar-refractivity contribution >= 4 is 0 Å². The molecular formula is C12H15FN4. The largest absolute Gasteiger partial charge is 0.322 e. The lowest BCUT2D eigenvalue weighted by atomic mass is 10.1. The van der Waals surface area contributed by atoms with Gasteiger partial charge < -0.3 is 5.73 Å². The van der Waals surface area contributed by atoms with E-state index in [1.807, 2.05) is 17.8 Å². The second-order valence-electron chi connectivity index (χ2n) is 3.89. The van der Waals surface area contributed by atoms with Gasteiger partial charge in [-0.3, -0.25) is 9.67 Å². The molecule has 0 aliphatic heterocycles. The molecule has 2 aromatic heterocycles. The molecule has 0 spiro atoms. The molecule has 0 bridgehead atoms. The van der Waals surface area contributed by atoms with Crippen LogP contribution in [-0.2, 0) is 13.0 Å². The predicted octanol–water partition coefficient (Wildman–Crippen LogP) is 1.68. The van der Waals surface area contributed by atoms with E-state index >= 15 is 0 Å². The summed E-state index contributed by atoms with van der Waals surface area (Å²) < 4.78 is 15.3. The highest BCUT2D eigenvalue weighted by Crippen LogP contribution is 2.16. The van der Waals surface area contributed by atoms with Crippen LogP contribution in [0.2, 0.25) is 0 Å². The lowest BCUT2D eigenvalue weighted by Crippen LogP contribution is -2.16. The molecule has 0 amide bonds. The molecule has 0 aliphatic rings. The number of nitrogens with zero attached hydrogens (tertiary/aromatic N) is 3. The molecule has 0 fully saturated rings. The number of aromatic nitrogens is 3. The summed E-state index contributed by atoms with van der Waals surface area (Å²) in [5.41, 5.74) is 7.23. The van der Waals surface area contributed by atoms with Crippen LogP contribution >= 0.6 is 0 Å². The normalized spacial score (nSPS) is 12.6. The van der Waals surface area contributed by atoms with Crippen LogP contribution in [0.1, 0.15) is 24.2 Å². The van der Waals surface area contributed by atoms with Crippen LogP contribution in [0.5, 0.6) is 0 Å². The summed E-state index contributed by atoms with van der Waals surface area (Å²) in [5.74, 6) is -0.358. The zero-order valence-electron chi connectivity index (χ0n) is 9.68. The third kappa shape index (κ3) is 2.68. The van der Waals surface area contributed by atoms with Crippen molar-refractivity contribution < 1.29 is 4.39 Å². The Kier molecular flexibility index (Phi) is 3.49. The van der Waals surface area contributed by atoms with E-state index in [1.54, 1.807) is 18.5 Å². The molecule has 90 valence electrons. The minimum atomic E-state index is -0.439. The van der Waals surface area contributed by atoms with E-state index in [-0.39, 0.29) is 5.82 Å². The lowest BCUT2D eigenvalue weighted by Gasteiger charge is -2.10. The SMILES string of the molecule is CCn1cc(CC(N)c2ncccc2F)cn1. The average Bonchev–Trinajstić information content (AvgIpc) is 2.77. The third-order valence-corrected chi connectivity index (χ3v) is 2.60. The minimum Gasteiger partial charge on any atom is -0.322 e. The van der Waals surface area contributed by atoms with E-state index in [2.05, 4.69) is 10.1 Å². The van der Waals surface area contributed by atoms with E-state index in [1.165, 1.54) is 6.07 Å². The monoisotopic (exact) mass is 234 g/mol. The number of hydrogen-bond acceptors (Lipinski definition) is 3. The summed E-state index contributed by atoms with van der Waals surface area (Å²) in [7, 11) is 0. The molecule has 2 rings (SSSR count). The number of halogens is 1. The maximum atomic E-state index is 13.5. The standard InChI is InChI=1S/C12H15FN4/c1-2-17-8-9(7-16-17)6-11(14)12-10(13)4-3-5-15-12/h3-5,7-8,11H,2,6,14H2,1H3. The number of hydrogen-bond donors (Lipinski definition) is 1. The van der Waals surface area contributed by atoms with Crippen LogP contribution in [-0.4, -0.2) is 14.8 Å². The maximum absolute atomic E-state index is 13.5. The number of nitrogens with two attached hydrogens (primary N) is 1. The first-order chi connectivity index (χ1) is 8.20. The molecule has 1 atom stereocenters. The third-order valence-electron chi connectivity index (χ3n) is 2.60. The molecule has 2 N–H and O–H groups in total. The Morgan fingerprint density at radius 2 is 2.35 bits per heavy atom. The van der Waals surface area contributed by atoms with Crippen molar-refractivity contribution in [1.29, 1.82) is 0 Å². The van der Waals surface area contributed by atoms with Crippen molar-refractivity contribution in [2.45, 2.75) is 25.9 Å². The predicted molar refractivity (Wildman–Crippen MR) is 62.7 cm³/mol. The first-order valence-corrected chi connectivity index (χ1v) is 5.58. The van der Waals surface area contributed by atoms with Gasteiger partial charge in [0.05, 0.1) is 17.9 Å². The number of rotatable bonds is 4. The molecule has 0 radical (unpaired) electrons. The summed E-state index contributed by atoms with van der Waals surface area (Å²) in [6, 6.07) is 2.49. The topological polar surface area (TPSA) is 56.7 Å². The molecule has 0 aliphatic carbocycles. The van der Waals surface area contributed by atoms with Gasteiger partial charge in [0.2, 0.25) is 0 Å². The molecule has 1 unspecified atom stereocenters. The van der Waals surface area contributed by atoms with Crippen molar-refractivity contribution in [1.82, 2.24) is 14.8 Å². The fourth-order valence-electron chi connectivity index (χ4n) is 1.71. The Morgan fingerprint density at radius 1 is 1.53 bits per heavy atom. The van der Waals surface area contributed by atoms with Gasteiger partial charge >= 0.3 is 0 Å². The molecule has 0 saturated heterocycles. The first-order valence-electron chi connectivity index (χ1n) is 5.58. The maximum Gasteiger partial charge on any atom is 0.146 e. The van der Waals surface area contributed by atoms with Crippen LogP contribution in [0.4, 0.5) is 4.39 Å². The zero-order valence-corrected chi connectivity index (χ0v) is 9.68. The average molecular weight is 234 g/mol. The zero-order chi connectivity index (χ0) is 12.3. The Morgan fingerprint density at radius 3 is 3.00 bits per heavy atom. The highest BCUT2D eigenvalue weighted by atomic mass is 19.1. The van der Waals surface area contributed by atoms with Crippen LogP contribution in [0.15, 0.2) is 30.7 Å². The fraction of sp³-hybridized carbons (Fsp3) is 0.333. The first kappa shape index (κ1) is 11.7. The van der Waals surface area contributed by atoms with Gasteiger partial charge in [-0.1, -0.05) is 0 Å². The summed E-state index contributed by atoms with van der Waals surface area (Å²) in [5, 5.41) is 4.15. The van der Waals surface area contributed by atoms with Gasteiger partial charge in [0.15, 0.2) is 0 Å². The van der Waals surface area contributed by atoms with E-state index in [9.17, 15) is 4.39 Å². The van der Waals surface area contributed by atoms with Crippen LogP contribution in [0.25, 0.3) is 0 Å². The smallest absolute Gasteiger partial charge is 0.146 e. The molecule has 5 heteroatoms. The number of aryl methyl sites for hydroxylation is 1. The Hall–Kier alpha value is -1.75. The van der Waals surface area contributed by atoms with Crippen molar-refractivity contribution in [3.05, 3.63) is 47.8 Å². The highest BCUT2D eigenvalue weighted by Gasteiger charge is 2.13. The van der Waals surface area contributed by atoms with Crippen molar-refractivity contribution in [2.24, 2.45) is 5.73 Å². The van der Waals surface area contributed by atoms with E-state index in [4.69, 9.17) is 5.73 Å². The second kappa shape index (κ2) is 5.05. The highest BCUT2D eigenvalue weighted by molar-refractivity contribution is 5.15. The molecule has 17 heavy (non-hydrogen) atoms. The lowest BCUT2D eigenvalue weighted by molar-refractivity contribution is 0.563. The summed E-state index contributed by atoms with van der Waals surface area (Å²) in [6.45, 7) is 2.82. The van der Waals surface area contributed by atoms with Crippen LogP contribution in [0, 0.1) is 5.82 Å². The van der Waals surface area contributed by atoms with Gasteiger partial charge in [0.1, 0.15) is 5.82 Å². The molecule has 0 saturated carbocycles. The quantitative estimate of drug-likeness (QED) is 0.875. The van der Waals surface area contributed by atoms with E-state index in [0.29, 0.717) is 12.1 Å². The Balaban J connectivity index is 2.11. The molecular weight excluding hydrogens is 219 g/mol. The Labute approximate surface area is 99.3 Å². The van der Waals surface area contributed by atoms with Crippen LogP contribution in [0.3, 0.4) is 0 Å². The van der Waals surface area contributed by atoms with E-state index in [0.717, 1.165) is 12.1 Å². The molecule has 0 aromatic carbocycles.